The number of nitrogen functional groups attached to an aromatic ring is 1. The van der Waals surface area contributed by atoms with Crippen molar-refractivity contribution in [3.05, 3.63) is 35.9 Å². The summed E-state index contributed by atoms with van der Waals surface area (Å²) >= 11 is 1.09. The molecule has 0 radical (unpaired) electrons. The Hall–Kier alpha value is -2.92. The molecule has 3 heterocycles. The van der Waals surface area contributed by atoms with Gasteiger partial charge in [-0.1, -0.05) is 28.9 Å². The van der Waals surface area contributed by atoms with Crippen molar-refractivity contribution in [1.29, 1.82) is 0 Å². The number of rotatable bonds is 4. The van der Waals surface area contributed by atoms with Gasteiger partial charge in [-0.25, -0.2) is 9.37 Å². The number of hydrogen-bond acceptors (Lipinski definition) is 7. The smallest absolute Gasteiger partial charge is 0.277 e. The van der Waals surface area contributed by atoms with E-state index in [1.165, 1.54) is 6.07 Å². The number of amides is 1. The summed E-state index contributed by atoms with van der Waals surface area (Å²) in [6.07, 6.45) is 4.44. The molecule has 5 N–H and O–H groups in total. The number of nitrogens with zero attached hydrogens (tertiary/aromatic N) is 4. The number of halogens is 1. The normalized spacial score (nSPS) is 16.9. The number of benzene rings is 1. The molecule has 2 aromatic heterocycles. The lowest BCUT2D eigenvalue weighted by atomic mass is 9.94. The summed E-state index contributed by atoms with van der Waals surface area (Å²) in [5.41, 5.74) is 14.1. The van der Waals surface area contributed by atoms with Crippen LogP contribution in [0.5, 0.6) is 0 Å². The van der Waals surface area contributed by atoms with Crippen LogP contribution >= 0.6 is 11.3 Å². The number of carbonyl (C=O) groups excluding carboxylic acids is 1. The third kappa shape index (κ3) is 4.42. The lowest BCUT2D eigenvalue weighted by Gasteiger charge is -2.24. The third-order valence-electron chi connectivity index (χ3n) is 5.45. The molecule has 31 heavy (non-hydrogen) atoms. The fraction of sp³-hybridized carbons (Fsp3) is 0.350. The Labute approximate surface area is 184 Å². The highest BCUT2D eigenvalue weighted by atomic mass is 32.1. The minimum absolute atomic E-state index is 0.0774. The third-order valence-corrected chi connectivity index (χ3v) is 6.37. The highest BCUT2D eigenvalue weighted by Gasteiger charge is 2.24. The molecule has 1 saturated heterocycles. The second kappa shape index (κ2) is 8.68. The number of nitrogens with one attached hydrogen (secondary N) is 1. The van der Waals surface area contributed by atoms with Crippen LogP contribution in [-0.2, 0) is 7.05 Å². The first kappa shape index (κ1) is 21.3. The molecule has 1 fully saturated rings. The maximum absolute atomic E-state index is 14.3. The quantitative estimate of drug-likeness (QED) is 0.523. The van der Waals surface area contributed by atoms with E-state index in [9.17, 15) is 9.18 Å². The molecule has 11 heteroatoms. The molecule has 1 atom stereocenters. The minimum atomic E-state index is -0.450. The molecule has 1 amide bonds. The molecule has 4 rings (SSSR count). The van der Waals surface area contributed by atoms with Gasteiger partial charge in [-0.3, -0.25) is 9.48 Å². The molecule has 1 aromatic carbocycles. The highest BCUT2D eigenvalue weighted by Crippen LogP contribution is 2.33. The van der Waals surface area contributed by atoms with Gasteiger partial charge in [-0.05, 0) is 25.3 Å². The SMILES string of the molecule is Bc1ccc(F)c(-c2nc(C(=O)Nc3cnn(C)c3N3CCC[C@@H](N)CC3)c(N)s2)c1. The van der Waals surface area contributed by atoms with Gasteiger partial charge in [0.05, 0.1) is 6.20 Å². The predicted octanol–water partition coefficient (Wildman–Crippen LogP) is 1.09. The molecule has 8 nitrogen and oxygen atoms in total. The Balaban J connectivity index is 1.59. The van der Waals surface area contributed by atoms with Crippen molar-refractivity contribution in [2.24, 2.45) is 12.8 Å². The fourth-order valence-corrected chi connectivity index (χ4v) is 4.67. The van der Waals surface area contributed by atoms with E-state index in [-0.39, 0.29) is 16.7 Å². The molecule has 0 saturated carbocycles. The first-order valence-corrected chi connectivity index (χ1v) is 11.0. The summed E-state index contributed by atoms with van der Waals surface area (Å²) in [6, 6.07) is 4.95. The van der Waals surface area contributed by atoms with E-state index in [1.54, 1.807) is 23.0 Å². The summed E-state index contributed by atoms with van der Waals surface area (Å²) in [7, 11) is 3.71. The zero-order valence-corrected chi connectivity index (χ0v) is 18.4. The second-order valence-corrected chi connectivity index (χ2v) is 8.88. The number of anilines is 3. The number of aromatic nitrogens is 3. The van der Waals surface area contributed by atoms with Crippen LogP contribution in [0.1, 0.15) is 29.8 Å². The van der Waals surface area contributed by atoms with Gasteiger partial charge in [0.15, 0.2) is 11.5 Å². The minimum Gasteiger partial charge on any atom is -0.389 e. The summed E-state index contributed by atoms with van der Waals surface area (Å²) in [4.78, 5) is 19.5. The molecule has 0 unspecified atom stereocenters. The van der Waals surface area contributed by atoms with Gasteiger partial charge >= 0.3 is 0 Å². The van der Waals surface area contributed by atoms with Gasteiger partial charge in [0.25, 0.3) is 5.91 Å². The largest absolute Gasteiger partial charge is 0.389 e. The fourth-order valence-electron chi connectivity index (χ4n) is 3.82. The maximum atomic E-state index is 14.3. The summed E-state index contributed by atoms with van der Waals surface area (Å²) < 4.78 is 16.0. The monoisotopic (exact) mass is 441 g/mol. The number of thiazole rings is 1. The molecular weight excluding hydrogens is 416 g/mol. The highest BCUT2D eigenvalue weighted by molar-refractivity contribution is 7.19. The van der Waals surface area contributed by atoms with Crippen LogP contribution < -0.4 is 27.1 Å². The lowest BCUT2D eigenvalue weighted by Crippen LogP contribution is -2.29. The van der Waals surface area contributed by atoms with Crippen LogP contribution in [0.2, 0.25) is 0 Å². The van der Waals surface area contributed by atoms with E-state index in [1.807, 2.05) is 14.9 Å². The number of hydrogen-bond donors (Lipinski definition) is 3. The molecule has 1 aliphatic heterocycles. The van der Waals surface area contributed by atoms with E-state index in [0.29, 0.717) is 16.3 Å². The Morgan fingerprint density at radius 3 is 2.97 bits per heavy atom. The van der Waals surface area contributed by atoms with Crippen molar-refractivity contribution in [1.82, 2.24) is 14.8 Å². The zero-order valence-electron chi connectivity index (χ0n) is 17.6. The van der Waals surface area contributed by atoms with Gasteiger partial charge < -0.3 is 21.7 Å². The van der Waals surface area contributed by atoms with Crippen LogP contribution in [0, 0.1) is 5.82 Å². The Morgan fingerprint density at radius 2 is 2.16 bits per heavy atom. The van der Waals surface area contributed by atoms with Crippen LogP contribution in [0.25, 0.3) is 10.6 Å². The Kier molecular flexibility index (Phi) is 5.97. The van der Waals surface area contributed by atoms with Crippen LogP contribution in [0.15, 0.2) is 24.4 Å². The van der Waals surface area contributed by atoms with Crippen LogP contribution in [0.3, 0.4) is 0 Å². The first-order chi connectivity index (χ1) is 14.8. The van der Waals surface area contributed by atoms with E-state index in [0.717, 1.165) is 55.0 Å². The molecule has 162 valence electrons. The Morgan fingerprint density at radius 1 is 1.35 bits per heavy atom. The molecule has 0 aliphatic carbocycles. The van der Waals surface area contributed by atoms with Crippen LogP contribution in [-0.4, -0.2) is 47.6 Å². The lowest BCUT2D eigenvalue weighted by molar-refractivity contribution is 0.102. The topological polar surface area (TPSA) is 115 Å². The van der Waals surface area contributed by atoms with E-state index < -0.39 is 11.7 Å². The molecule has 3 aromatic rings. The summed E-state index contributed by atoms with van der Waals surface area (Å²) in [6.45, 7) is 1.63. The number of carbonyl (C=O) groups is 1. The molecule has 0 bridgehead atoms. The molecule has 1 aliphatic rings. The first-order valence-electron chi connectivity index (χ1n) is 10.2. The average molecular weight is 441 g/mol. The zero-order chi connectivity index (χ0) is 22.1. The predicted molar refractivity (Wildman–Crippen MR) is 125 cm³/mol. The van der Waals surface area contributed by atoms with Crippen molar-refractivity contribution in [2.45, 2.75) is 25.3 Å². The van der Waals surface area contributed by atoms with E-state index >= 15 is 0 Å². The van der Waals surface area contributed by atoms with Gasteiger partial charge in [0.1, 0.15) is 29.4 Å². The van der Waals surface area contributed by atoms with Gasteiger partial charge in [0, 0.05) is 31.7 Å². The number of nitrogens with two attached hydrogens (primary N) is 2. The molecular formula is C20H25BFN7OS. The second-order valence-electron chi connectivity index (χ2n) is 7.85. The van der Waals surface area contributed by atoms with Crippen LogP contribution in [0.4, 0.5) is 20.9 Å². The summed E-state index contributed by atoms with van der Waals surface area (Å²) in [5.74, 6) is -0.0322. The van der Waals surface area contributed by atoms with Gasteiger partial charge in [-0.2, -0.15) is 5.10 Å². The van der Waals surface area contributed by atoms with E-state index in [4.69, 9.17) is 11.5 Å². The van der Waals surface area contributed by atoms with Crippen molar-refractivity contribution < 1.29 is 9.18 Å². The van der Waals surface area contributed by atoms with Crippen molar-refractivity contribution in [3.63, 3.8) is 0 Å². The van der Waals surface area contributed by atoms with Crippen molar-refractivity contribution in [2.75, 3.05) is 29.0 Å². The Bertz CT molecular complexity index is 1120. The van der Waals surface area contributed by atoms with Gasteiger partial charge in [0.2, 0.25) is 0 Å². The maximum Gasteiger partial charge on any atom is 0.277 e. The standard InChI is InChI=1S/C20H25BFN7OS/c1-28-20(29-7-2-3-12(23)6-8-29)15(10-25-28)26-18(30)16-17(24)31-19(27-16)13-9-11(21)4-5-14(13)22/h4-5,9-10,12H,2-3,6-8,21,23-24H2,1H3,(H,26,30)/t12-/m1/s1. The van der Waals surface area contributed by atoms with Crippen molar-refractivity contribution >= 4 is 47.1 Å². The van der Waals surface area contributed by atoms with Crippen molar-refractivity contribution in [3.8, 4) is 10.6 Å². The average Bonchev–Trinajstić information content (AvgIpc) is 3.21. The van der Waals surface area contributed by atoms with Gasteiger partial charge in [-0.15, -0.1) is 0 Å². The molecule has 0 spiro atoms. The van der Waals surface area contributed by atoms with E-state index in [2.05, 4.69) is 20.3 Å². The summed E-state index contributed by atoms with van der Waals surface area (Å²) in [5, 5.41) is 7.81. The number of aryl methyl sites for hydroxylation is 1.